The molecule has 2 saturated heterocycles. The second kappa shape index (κ2) is 6.63. The molecule has 1 aromatic heterocycles. The number of likely N-dealkylation sites (tertiary alicyclic amines) is 1. The molecule has 2 fully saturated rings. The average Bonchev–Trinajstić information content (AvgIpc) is 2.87. The van der Waals surface area contributed by atoms with Crippen molar-refractivity contribution in [3.05, 3.63) is 11.2 Å². The van der Waals surface area contributed by atoms with Crippen LogP contribution in [0.25, 0.3) is 0 Å². The van der Waals surface area contributed by atoms with E-state index in [1.807, 2.05) is 20.8 Å². The molecular formula is C16H24ClN5O2. The second-order valence-electron chi connectivity index (χ2n) is 7.26. The molecule has 8 heteroatoms. The van der Waals surface area contributed by atoms with Crippen LogP contribution in [0.15, 0.2) is 6.20 Å². The van der Waals surface area contributed by atoms with E-state index in [1.165, 1.54) is 0 Å². The van der Waals surface area contributed by atoms with Gasteiger partial charge in [-0.15, -0.1) is 0 Å². The Morgan fingerprint density at radius 1 is 1.38 bits per heavy atom. The minimum absolute atomic E-state index is 0.114. The summed E-state index contributed by atoms with van der Waals surface area (Å²) < 4.78 is 5.41. The Labute approximate surface area is 147 Å². The van der Waals surface area contributed by atoms with E-state index in [2.05, 4.69) is 20.2 Å². The van der Waals surface area contributed by atoms with Crippen molar-refractivity contribution in [1.29, 1.82) is 0 Å². The maximum Gasteiger partial charge on any atom is 0.410 e. The van der Waals surface area contributed by atoms with Gasteiger partial charge in [-0.05, 0) is 33.6 Å². The molecule has 24 heavy (non-hydrogen) atoms. The van der Waals surface area contributed by atoms with Crippen molar-refractivity contribution >= 4 is 29.5 Å². The van der Waals surface area contributed by atoms with Crippen molar-refractivity contribution in [3.63, 3.8) is 0 Å². The summed E-state index contributed by atoms with van der Waals surface area (Å²) in [5, 5.41) is 3.87. The number of rotatable bonds is 3. The summed E-state index contributed by atoms with van der Waals surface area (Å²) in [5.74, 6) is 1.33. The molecule has 1 atom stereocenters. The maximum absolute atomic E-state index is 12.1. The standard InChI is InChI=1S/C16H24ClN5O2/c1-16(2,3)24-15(23)22-8-5-11(10-22)19-14-18-9-12(17)13(20-14)21-6-4-7-21/h9,11H,4-8,10H2,1-3H3,(H,18,19,20)/t11-/m0/s1. The van der Waals surface area contributed by atoms with Crippen molar-refractivity contribution in [2.75, 3.05) is 36.4 Å². The first-order valence-corrected chi connectivity index (χ1v) is 8.71. The van der Waals surface area contributed by atoms with Crippen LogP contribution in [-0.2, 0) is 4.74 Å². The highest BCUT2D eigenvalue weighted by atomic mass is 35.5. The molecule has 0 unspecified atom stereocenters. The molecule has 132 valence electrons. The van der Waals surface area contributed by atoms with Crippen molar-refractivity contribution in [2.24, 2.45) is 0 Å². The van der Waals surface area contributed by atoms with Crippen molar-refractivity contribution < 1.29 is 9.53 Å². The molecule has 2 aliphatic heterocycles. The number of aromatic nitrogens is 2. The molecule has 0 radical (unpaired) electrons. The number of carbonyl (C=O) groups excluding carboxylic acids is 1. The van der Waals surface area contributed by atoms with Crippen LogP contribution in [0.2, 0.25) is 5.02 Å². The number of hydrogen-bond donors (Lipinski definition) is 1. The van der Waals surface area contributed by atoms with Gasteiger partial charge in [0.2, 0.25) is 5.95 Å². The SMILES string of the molecule is CC(C)(C)OC(=O)N1CC[C@H](Nc2ncc(Cl)c(N3CCC3)n2)C1. The molecule has 0 saturated carbocycles. The first-order chi connectivity index (χ1) is 11.3. The van der Waals surface area contributed by atoms with Crippen LogP contribution in [0.5, 0.6) is 0 Å². The number of hydrogen-bond acceptors (Lipinski definition) is 6. The van der Waals surface area contributed by atoms with Gasteiger partial charge in [0.25, 0.3) is 0 Å². The number of carbonyl (C=O) groups is 1. The molecule has 0 aliphatic carbocycles. The molecule has 0 aromatic carbocycles. The summed E-state index contributed by atoms with van der Waals surface area (Å²) in [4.78, 5) is 24.7. The molecule has 2 aliphatic rings. The summed E-state index contributed by atoms with van der Waals surface area (Å²) in [6.07, 6.45) is 3.36. The monoisotopic (exact) mass is 353 g/mol. The summed E-state index contributed by atoms with van der Waals surface area (Å²) in [5.41, 5.74) is -0.478. The zero-order valence-corrected chi connectivity index (χ0v) is 15.1. The van der Waals surface area contributed by atoms with E-state index in [1.54, 1.807) is 11.1 Å². The van der Waals surface area contributed by atoms with Gasteiger partial charge >= 0.3 is 6.09 Å². The van der Waals surface area contributed by atoms with Gasteiger partial charge in [-0.25, -0.2) is 9.78 Å². The number of nitrogens with zero attached hydrogens (tertiary/aromatic N) is 4. The Kier molecular flexibility index (Phi) is 4.71. The van der Waals surface area contributed by atoms with Crippen LogP contribution >= 0.6 is 11.6 Å². The number of amides is 1. The molecule has 3 rings (SSSR count). The van der Waals surface area contributed by atoms with Crippen LogP contribution in [0.4, 0.5) is 16.6 Å². The Hall–Kier alpha value is -1.76. The number of nitrogens with one attached hydrogen (secondary N) is 1. The van der Waals surface area contributed by atoms with Crippen molar-refractivity contribution in [1.82, 2.24) is 14.9 Å². The van der Waals surface area contributed by atoms with E-state index >= 15 is 0 Å². The van der Waals surface area contributed by atoms with Crippen LogP contribution in [0, 0.1) is 0 Å². The first kappa shape index (κ1) is 17.1. The van der Waals surface area contributed by atoms with E-state index < -0.39 is 5.60 Å². The molecule has 1 amide bonds. The van der Waals surface area contributed by atoms with E-state index in [9.17, 15) is 4.79 Å². The summed E-state index contributed by atoms with van der Waals surface area (Å²) in [7, 11) is 0. The number of anilines is 2. The van der Waals surface area contributed by atoms with Crippen LogP contribution < -0.4 is 10.2 Å². The lowest BCUT2D eigenvalue weighted by Crippen LogP contribution is -2.38. The van der Waals surface area contributed by atoms with Crippen LogP contribution in [-0.4, -0.2) is 58.8 Å². The van der Waals surface area contributed by atoms with Gasteiger partial charge in [0.1, 0.15) is 10.6 Å². The Morgan fingerprint density at radius 2 is 2.12 bits per heavy atom. The number of ether oxygens (including phenoxy) is 1. The highest BCUT2D eigenvalue weighted by Gasteiger charge is 2.30. The second-order valence-corrected chi connectivity index (χ2v) is 7.67. The van der Waals surface area contributed by atoms with Gasteiger partial charge in [-0.2, -0.15) is 4.98 Å². The maximum atomic E-state index is 12.1. The molecule has 3 heterocycles. The highest BCUT2D eigenvalue weighted by molar-refractivity contribution is 6.32. The fraction of sp³-hybridized carbons (Fsp3) is 0.688. The van der Waals surface area contributed by atoms with Crippen molar-refractivity contribution in [2.45, 2.75) is 45.3 Å². The van der Waals surface area contributed by atoms with E-state index in [0.717, 1.165) is 31.7 Å². The zero-order chi connectivity index (χ0) is 17.3. The molecule has 1 N–H and O–H groups in total. The molecule has 7 nitrogen and oxygen atoms in total. The summed E-state index contributed by atoms with van der Waals surface area (Å²) in [6, 6.07) is 0.114. The minimum atomic E-state index is -0.478. The zero-order valence-electron chi connectivity index (χ0n) is 14.4. The van der Waals surface area contributed by atoms with Gasteiger partial charge in [0, 0.05) is 32.2 Å². The fourth-order valence-electron chi connectivity index (χ4n) is 2.73. The lowest BCUT2D eigenvalue weighted by molar-refractivity contribution is 0.0293. The molecule has 0 bridgehead atoms. The van der Waals surface area contributed by atoms with Gasteiger partial charge in [0.05, 0.1) is 6.20 Å². The average molecular weight is 354 g/mol. The third kappa shape index (κ3) is 4.01. The lowest BCUT2D eigenvalue weighted by atomic mass is 10.2. The molecule has 0 spiro atoms. The first-order valence-electron chi connectivity index (χ1n) is 8.34. The predicted molar refractivity (Wildman–Crippen MR) is 93.7 cm³/mol. The lowest BCUT2D eigenvalue weighted by Gasteiger charge is -2.32. The Balaban J connectivity index is 1.58. The highest BCUT2D eigenvalue weighted by Crippen LogP contribution is 2.27. The Morgan fingerprint density at radius 3 is 2.75 bits per heavy atom. The largest absolute Gasteiger partial charge is 0.444 e. The van der Waals surface area contributed by atoms with E-state index in [-0.39, 0.29) is 12.1 Å². The number of halogens is 1. The fourth-order valence-corrected chi connectivity index (χ4v) is 2.94. The quantitative estimate of drug-likeness (QED) is 0.901. The Bertz CT molecular complexity index is 615. The third-order valence-corrected chi connectivity index (χ3v) is 4.32. The van der Waals surface area contributed by atoms with Gasteiger partial charge in [-0.1, -0.05) is 11.6 Å². The summed E-state index contributed by atoms with van der Waals surface area (Å²) in [6.45, 7) is 8.82. The minimum Gasteiger partial charge on any atom is -0.444 e. The van der Waals surface area contributed by atoms with Gasteiger partial charge in [-0.3, -0.25) is 0 Å². The van der Waals surface area contributed by atoms with Crippen LogP contribution in [0.3, 0.4) is 0 Å². The predicted octanol–water partition coefficient (Wildman–Crippen LogP) is 2.76. The molecular weight excluding hydrogens is 330 g/mol. The normalized spacial score (nSPS) is 20.8. The van der Waals surface area contributed by atoms with E-state index in [0.29, 0.717) is 24.1 Å². The summed E-state index contributed by atoms with van der Waals surface area (Å²) >= 11 is 6.18. The van der Waals surface area contributed by atoms with Crippen LogP contribution in [0.1, 0.15) is 33.6 Å². The topological polar surface area (TPSA) is 70.6 Å². The smallest absolute Gasteiger partial charge is 0.410 e. The van der Waals surface area contributed by atoms with Gasteiger partial charge < -0.3 is 19.9 Å². The third-order valence-electron chi connectivity index (χ3n) is 4.05. The molecule has 1 aromatic rings. The van der Waals surface area contributed by atoms with Crippen molar-refractivity contribution in [3.8, 4) is 0 Å². The van der Waals surface area contributed by atoms with Gasteiger partial charge in [0.15, 0.2) is 5.82 Å². The van der Waals surface area contributed by atoms with E-state index in [4.69, 9.17) is 16.3 Å².